The molecule has 1 aliphatic carbocycles. The molecule has 0 spiro atoms. The maximum absolute atomic E-state index is 13.2. The van der Waals surface area contributed by atoms with Gasteiger partial charge in [-0.15, -0.1) is 0 Å². The first kappa shape index (κ1) is 25.0. The number of carbonyl (C=O) groups excluding carboxylic acids is 1. The molecule has 1 N–H and O–H groups in total. The molecule has 0 aromatic rings. The third kappa shape index (κ3) is 6.49. The fourth-order valence-electron chi connectivity index (χ4n) is 4.90. The molecule has 0 aromatic heterocycles. The zero-order valence-electron chi connectivity index (χ0n) is 19.0. The fraction of sp³-hybridized carbons (Fsp3) is 0.917. The van der Waals surface area contributed by atoms with Crippen LogP contribution in [0.4, 0.5) is 0 Å². The summed E-state index contributed by atoms with van der Waals surface area (Å²) >= 11 is 0. The summed E-state index contributed by atoms with van der Waals surface area (Å²) in [4.78, 5) is 24.9. The molecule has 1 aliphatic rings. The lowest BCUT2D eigenvalue weighted by molar-refractivity contribution is -0.186. The first-order valence-electron chi connectivity index (χ1n) is 11.8. The molecular formula is C24H44O4. The molecule has 0 radical (unpaired) electrons. The van der Waals surface area contributed by atoms with Crippen molar-refractivity contribution in [2.24, 2.45) is 23.7 Å². The lowest BCUT2D eigenvalue weighted by Gasteiger charge is -2.44. The monoisotopic (exact) mass is 396 g/mol. The molecule has 0 aliphatic heterocycles. The Balaban J connectivity index is 3.01. The van der Waals surface area contributed by atoms with Crippen molar-refractivity contribution in [1.82, 2.24) is 0 Å². The van der Waals surface area contributed by atoms with E-state index in [0.717, 1.165) is 38.5 Å². The van der Waals surface area contributed by atoms with Crippen LogP contribution in [0.3, 0.4) is 0 Å². The van der Waals surface area contributed by atoms with E-state index in [-0.39, 0.29) is 17.8 Å². The van der Waals surface area contributed by atoms with Crippen molar-refractivity contribution in [3.05, 3.63) is 0 Å². The zero-order valence-corrected chi connectivity index (χ0v) is 19.0. The molecule has 0 bridgehead atoms. The van der Waals surface area contributed by atoms with E-state index in [0.29, 0.717) is 12.8 Å². The van der Waals surface area contributed by atoms with E-state index in [1.165, 1.54) is 25.7 Å². The summed E-state index contributed by atoms with van der Waals surface area (Å²) in [6.45, 7) is 10.9. The summed E-state index contributed by atoms with van der Waals surface area (Å²) in [6.07, 6.45) is 11.8. The number of carboxylic acid groups (broad SMARTS) is 1. The van der Waals surface area contributed by atoms with Crippen molar-refractivity contribution in [3.63, 3.8) is 0 Å². The van der Waals surface area contributed by atoms with E-state index in [2.05, 4.69) is 34.6 Å². The Kier molecular flexibility index (Phi) is 11.1. The Labute approximate surface area is 172 Å². The van der Waals surface area contributed by atoms with Gasteiger partial charge < -0.3 is 9.84 Å². The summed E-state index contributed by atoms with van der Waals surface area (Å²) < 4.78 is 6.37. The van der Waals surface area contributed by atoms with Gasteiger partial charge in [0.25, 0.3) is 0 Å². The summed E-state index contributed by atoms with van der Waals surface area (Å²) in [5.74, 6) is -1.65. The second-order valence-electron chi connectivity index (χ2n) is 8.99. The highest BCUT2D eigenvalue weighted by Crippen LogP contribution is 2.41. The normalized spacial score (nSPS) is 24.2. The first-order chi connectivity index (χ1) is 13.3. The van der Waals surface area contributed by atoms with E-state index < -0.39 is 23.4 Å². The minimum absolute atomic E-state index is 0.263. The van der Waals surface area contributed by atoms with Crippen molar-refractivity contribution < 1.29 is 19.4 Å². The third-order valence-electron chi connectivity index (χ3n) is 7.24. The molecule has 28 heavy (non-hydrogen) atoms. The molecule has 4 unspecified atom stereocenters. The number of hydrogen-bond acceptors (Lipinski definition) is 3. The summed E-state index contributed by atoms with van der Waals surface area (Å²) in [6, 6.07) is 0. The second kappa shape index (κ2) is 12.5. The van der Waals surface area contributed by atoms with Gasteiger partial charge in [-0.1, -0.05) is 73.1 Å². The molecule has 1 rings (SSSR count). The number of esters is 1. The lowest BCUT2D eigenvalue weighted by atomic mass is 9.72. The van der Waals surface area contributed by atoms with Crippen LogP contribution in [0, 0.1) is 23.7 Å². The molecule has 0 saturated heterocycles. The van der Waals surface area contributed by atoms with E-state index in [1.54, 1.807) is 0 Å². The van der Waals surface area contributed by atoms with Crippen LogP contribution >= 0.6 is 0 Å². The van der Waals surface area contributed by atoms with E-state index in [1.807, 2.05) is 0 Å². The SMILES string of the molecule is CCCCCCCC(OC(=O)C1CCCCC1C(=O)O)(C(C)CC)C(C)CC. The predicted molar refractivity (Wildman–Crippen MR) is 114 cm³/mol. The summed E-state index contributed by atoms with van der Waals surface area (Å²) in [5.41, 5.74) is -0.479. The van der Waals surface area contributed by atoms with Gasteiger partial charge in [0.1, 0.15) is 5.60 Å². The molecule has 1 fully saturated rings. The van der Waals surface area contributed by atoms with Gasteiger partial charge >= 0.3 is 11.9 Å². The minimum atomic E-state index is -0.848. The predicted octanol–water partition coefficient (Wildman–Crippen LogP) is 6.61. The number of hydrogen-bond donors (Lipinski definition) is 1. The maximum Gasteiger partial charge on any atom is 0.310 e. The van der Waals surface area contributed by atoms with Crippen LogP contribution in [0.5, 0.6) is 0 Å². The fourth-order valence-corrected chi connectivity index (χ4v) is 4.90. The standard InChI is InChI=1S/C24H44O4/c1-6-9-10-11-14-17-24(18(4)7-2,19(5)8-3)28-23(27)21-16-13-12-15-20(21)22(25)26/h18-21H,6-17H2,1-5H3,(H,25,26). The van der Waals surface area contributed by atoms with Gasteiger partial charge in [-0.05, 0) is 50.4 Å². The Morgan fingerprint density at radius 1 is 0.929 bits per heavy atom. The number of aliphatic carboxylic acids is 1. The van der Waals surface area contributed by atoms with E-state index in [4.69, 9.17) is 4.74 Å². The smallest absolute Gasteiger partial charge is 0.310 e. The topological polar surface area (TPSA) is 63.6 Å². The molecule has 4 nitrogen and oxygen atoms in total. The van der Waals surface area contributed by atoms with Crippen LogP contribution in [-0.2, 0) is 14.3 Å². The minimum Gasteiger partial charge on any atom is -0.481 e. The molecular weight excluding hydrogens is 352 g/mol. The van der Waals surface area contributed by atoms with Crippen molar-refractivity contribution >= 4 is 11.9 Å². The highest BCUT2D eigenvalue weighted by Gasteiger charge is 2.46. The second-order valence-corrected chi connectivity index (χ2v) is 8.99. The lowest BCUT2D eigenvalue weighted by Crippen LogP contribution is -2.49. The summed E-state index contributed by atoms with van der Waals surface area (Å²) in [7, 11) is 0. The van der Waals surface area contributed by atoms with Crippen molar-refractivity contribution in [2.45, 2.75) is 117 Å². The molecule has 4 heteroatoms. The van der Waals surface area contributed by atoms with Gasteiger partial charge in [0.15, 0.2) is 0 Å². The number of carboxylic acids is 1. The van der Waals surface area contributed by atoms with Gasteiger partial charge in [0.2, 0.25) is 0 Å². The highest BCUT2D eigenvalue weighted by atomic mass is 16.6. The van der Waals surface area contributed by atoms with Crippen molar-refractivity contribution in [3.8, 4) is 0 Å². The number of unbranched alkanes of at least 4 members (excludes halogenated alkanes) is 4. The van der Waals surface area contributed by atoms with Crippen LogP contribution in [0.15, 0.2) is 0 Å². The van der Waals surface area contributed by atoms with Gasteiger partial charge in [-0.25, -0.2) is 0 Å². The van der Waals surface area contributed by atoms with Crippen LogP contribution in [0.1, 0.15) is 112 Å². The zero-order chi connectivity index (χ0) is 21.2. The average Bonchev–Trinajstić information content (AvgIpc) is 2.71. The molecule has 4 atom stereocenters. The van der Waals surface area contributed by atoms with Crippen molar-refractivity contribution in [2.75, 3.05) is 0 Å². The highest BCUT2D eigenvalue weighted by molar-refractivity contribution is 5.81. The molecule has 1 saturated carbocycles. The van der Waals surface area contributed by atoms with Gasteiger partial charge in [0, 0.05) is 0 Å². The molecule has 0 heterocycles. The number of carbonyl (C=O) groups is 2. The molecule has 164 valence electrons. The Morgan fingerprint density at radius 2 is 1.46 bits per heavy atom. The third-order valence-corrected chi connectivity index (χ3v) is 7.24. The van der Waals surface area contributed by atoms with Crippen LogP contribution < -0.4 is 0 Å². The van der Waals surface area contributed by atoms with Crippen molar-refractivity contribution in [1.29, 1.82) is 0 Å². The average molecular weight is 397 g/mol. The van der Waals surface area contributed by atoms with Gasteiger partial charge in [0.05, 0.1) is 11.8 Å². The van der Waals surface area contributed by atoms with Gasteiger partial charge in [-0.3, -0.25) is 9.59 Å². The Hall–Kier alpha value is -1.06. The Morgan fingerprint density at radius 3 is 1.96 bits per heavy atom. The van der Waals surface area contributed by atoms with Gasteiger partial charge in [-0.2, -0.15) is 0 Å². The van der Waals surface area contributed by atoms with E-state index >= 15 is 0 Å². The first-order valence-corrected chi connectivity index (χ1v) is 11.8. The quantitative estimate of drug-likeness (QED) is 0.281. The number of rotatable bonds is 13. The number of ether oxygens (including phenoxy) is 1. The van der Waals surface area contributed by atoms with Crippen LogP contribution in [0.25, 0.3) is 0 Å². The Bertz CT molecular complexity index is 463. The van der Waals surface area contributed by atoms with E-state index in [9.17, 15) is 14.7 Å². The molecule has 0 amide bonds. The largest absolute Gasteiger partial charge is 0.481 e. The van der Waals surface area contributed by atoms with Crippen LogP contribution in [0.2, 0.25) is 0 Å². The summed E-state index contributed by atoms with van der Waals surface area (Å²) in [5, 5.41) is 9.58. The molecule has 0 aromatic carbocycles. The van der Waals surface area contributed by atoms with Crippen LogP contribution in [-0.4, -0.2) is 22.6 Å². The maximum atomic E-state index is 13.2.